The third-order valence-electron chi connectivity index (χ3n) is 5.01. The molecule has 0 atom stereocenters. The van der Waals surface area contributed by atoms with Crippen molar-refractivity contribution < 1.29 is 9.26 Å². The summed E-state index contributed by atoms with van der Waals surface area (Å²) in [5, 5.41) is 4.82. The molecule has 0 saturated heterocycles. The number of fused-ring (bicyclic) bond motifs is 3. The predicted octanol–water partition coefficient (Wildman–Crippen LogP) is 3.54. The molecule has 0 fully saturated rings. The minimum Gasteiger partial charge on any atom is -0.496 e. The van der Waals surface area contributed by atoms with Gasteiger partial charge in [0.05, 0.1) is 41.1 Å². The molecule has 5 aromatic rings. The number of ether oxygens (including phenoxy) is 1. The lowest BCUT2D eigenvalue weighted by atomic mass is 10.0. The Kier molecular flexibility index (Phi) is 3.73. The Labute approximate surface area is 164 Å². The topological polar surface area (TPSA) is 98.8 Å². The zero-order chi connectivity index (χ0) is 20.1. The number of rotatable bonds is 3. The van der Waals surface area contributed by atoms with Crippen LogP contribution in [0, 0.1) is 13.8 Å². The predicted molar refractivity (Wildman–Crippen MR) is 109 cm³/mol. The molecule has 0 amide bonds. The van der Waals surface area contributed by atoms with E-state index in [9.17, 15) is 4.79 Å². The van der Waals surface area contributed by atoms with Crippen LogP contribution in [0.1, 0.15) is 11.5 Å². The smallest absolute Gasteiger partial charge is 0.332 e. The van der Waals surface area contributed by atoms with Crippen molar-refractivity contribution in [3.63, 3.8) is 0 Å². The van der Waals surface area contributed by atoms with Gasteiger partial charge >= 0.3 is 5.69 Å². The van der Waals surface area contributed by atoms with Gasteiger partial charge in [-0.15, -0.1) is 0 Å². The van der Waals surface area contributed by atoms with Crippen molar-refractivity contribution in [2.24, 2.45) is 0 Å². The average Bonchev–Trinajstić information content (AvgIpc) is 3.25. The van der Waals surface area contributed by atoms with Crippen molar-refractivity contribution >= 4 is 21.9 Å². The number of hydrogen-bond acceptors (Lipinski definition) is 6. The summed E-state index contributed by atoms with van der Waals surface area (Å²) in [5.74, 6) is 1.88. The molecule has 0 aliphatic heterocycles. The fourth-order valence-corrected chi connectivity index (χ4v) is 3.75. The van der Waals surface area contributed by atoms with Gasteiger partial charge < -0.3 is 14.2 Å². The molecule has 5 rings (SSSR count). The van der Waals surface area contributed by atoms with Gasteiger partial charge in [-0.2, -0.15) is 0 Å². The summed E-state index contributed by atoms with van der Waals surface area (Å²) >= 11 is 0. The van der Waals surface area contributed by atoms with Gasteiger partial charge in [-0.3, -0.25) is 4.98 Å². The standard InChI is InChI=1S/C21H17N5O3/c1-11-19(12(2)29-25-11)14-8-15-13(9-17(14)28-3)20-16(10-23-15)24-21(27)26(20)18-6-4-5-7-22-18/h4-10H,1-3H3,(H,24,27). The van der Waals surface area contributed by atoms with E-state index in [1.165, 1.54) is 0 Å². The van der Waals surface area contributed by atoms with E-state index in [-0.39, 0.29) is 5.69 Å². The van der Waals surface area contributed by atoms with Gasteiger partial charge in [0.25, 0.3) is 0 Å². The lowest BCUT2D eigenvalue weighted by molar-refractivity contribution is 0.393. The molecule has 1 N–H and O–H groups in total. The first kappa shape index (κ1) is 17.2. The molecule has 144 valence electrons. The summed E-state index contributed by atoms with van der Waals surface area (Å²) in [5.41, 5.74) is 4.25. The Morgan fingerprint density at radius 2 is 2.03 bits per heavy atom. The number of pyridine rings is 2. The molecule has 0 unspecified atom stereocenters. The summed E-state index contributed by atoms with van der Waals surface area (Å²) in [6, 6.07) is 9.25. The number of aryl methyl sites for hydroxylation is 2. The van der Waals surface area contributed by atoms with E-state index in [2.05, 4.69) is 20.1 Å². The van der Waals surface area contributed by atoms with Crippen LogP contribution < -0.4 is 10.4 Å². The monoisotopic (exact) mass is 387 g/mol. The largest absolute Gasteiger partial charge is 0.496 e. The first-order valence-corrected chi connectivity index (χ1v) is 9.04. The first-order chi connectivity index (χ1) is 14.1. The van der Waals surface area contributed by atoms with Crippen LogP contribution >= 0.6 is 0 Å². The fraction of sp³-hybridized carbons (Fsp3) is 0.143. The lowest BCUT2D eigenvalue weighted by Gasteiger charge is -2.11. The molecule has 0 saturated carbocycles. The van der Waals surface area contributed by atoms with Crippen molar-refractivity contribution in [2.45, 2.75) is 13.8 Å². The average molecular weight is 387 g/mol. The number of methoxy groups -OCH3 is 1. The van der Waals surface area contributed by atoms with E-state index in [1.54, 1.807) is 30.1 Å². The number of imidazole rings is 1. The van der Waals surface area contributed by atoms with Crippen LogP contribution in [0.5, 0.6) is 5.75 Å². The molecule has 4 heterocycles. The summed E-state index contributed by atoms with van der Waals surface area (Å²) in [6.45, 7) is 3.75. The van der Waals surface area contributed by atoms with Gasteiger partial charge in [0, 0.05) is 17.1 Å². The minimum absolute atomic E-state index is 0.276. The van der Waals surface area contributed by atoms with Crippen LogP contribution in [0.25, 0.3) is 38.9 Å². The second kappa shape index (κ2) is 6.30. The lowest BCUT2D eigenvalue weighted by Crippen LogP contribution is -2.15. The second-order valence-electron chi connectivity index (χ2n) is 6.74. The van der Waals surface area contributed by atoms with Crippen LogP contribution in [0.3, 0.4) is 0 Å². The van der Waals surface area contributed by atoms with Crippen LogP contribution in [0.2, 0.25) is 0 Å². The van der Waals surface area contributed by atoms with Gasteiger partial charge in [-0.25, -0.2) is 14.3 Å². The molecule has 0 spiro atoms. The van der Waals surface area contributed by atoms with E-state index < -0.39 is 0 Å². The van der Waals surface area contributed by atoms with Gasteiger partial charge in [-0.05, 0) is 38.1 Å². The molecule has 4 aromatic heterocycles. The van der Waals surface area contributed by atoms with Gasteiger partial charge in [-0.1, -0.05) is 11.2 Å². The van der Waals surface area contributed by atoms with Gasteiger partial charge in [0.15, 0.2) is 0 Å². The van der Waals surface area contributed by atoms with Crippen molar-refractivity contribution in [1.82, 2.24) is 24.7 Å². The fourth-order valence-electron chi connectivity index (χ4n) is 3.75. The number of hydrogen-bond donors (Lipinski definition) is 1. The zero-order valence-corrected chi connectivity index (χ0v) is 16.1. The first-order valence-electron chi connectivity index (χ1n) is 9.04. The molecule has 0 aliphatic rings. The molecule has 8 heteroatoms. The third kappa shape index (κ3) is 2.53. The van der Waals surface area contributed by atoms with Crippen LogP contribution in [0.15, 0.2) is 52.0 Å². The molecule has 1 aromatic carbocycles. The maximum atomic E-state index is 12.7. The Morgan fingerprint density at radius 3 is 2.72 bits per heavy atom. The van der Waals surface area contributed by atoms with Crippen LogP contribution in [-0.4, -0.2) is 31.8 Å². The molecule has 0 radical (unpaired) electrons. The maximum absolute atomic E-state index is 12.7. The van der Waals surface area contributed by atoms with Crippen LogP contribution in [-0.2, 0) is 0 Å². The summed E-state index contributed by atoms with van der Waals surface area (Å²) < 4.78 is 12.6. The summed E-state index contributed by atoms with van der Waals surface area (Å²) in [4.78, 5) is 24.4. The summed E-state index contributed by atoms with van der Waals surface area (Å²) in [6.07, 6.45) is 3.31. The quantitative estimate of drug-likeness (QED) is 0.508. The molecule has 0 aliphatic carbocycles. The Balaban J connectivity index is 1.89. The van der Waals surface area contributed by atoms with Crippen molar-refractivity contribution in [2.75, 3.05) is 7.11 Å². The third-order valence-corrected chi connectivity index (χ3v) is 5.01. The van der Waals surface area contributed by atoms with E-state index in [0.29, 0.717) is 28.4 Å². The number of benzene rings is 1. The van der Waals surface area contributed by atoms with Crippen molar-refractivity contribution in [3.8, 4) is 22.7 Å². The van der Waals surface area contributed by atoms with Crippen molar-refractivity contribution in [1.29, 1.82) is 0 Å². The van der Waals surface area contributed by atoms with E-state index >= 15 is 0 Å². The minimum atomic E-state index is -0.276. The van der Waals surface area contributed by atoms with Gasteiger partial charge in [0.1, 0.15) is 17.3 Å². The number of aromatic amines is 1. The van der Waals surface area contributed by atoms with E-state index in [1.807, 2.05) is 38.1 Å². The number of nitrogens with one attached hydrogen (secondary N) is 1. The Hall–Kier alpha value is -3.94. The normalized spacial score (nSPS) is 11.4. The van der Waals surface area contributed by atoms with Crippen LogP contribution in [0.4, 0.5) is 0 Å². The number of H-pyrrole nitrogens is 1. The van der Waals surface area contributed by atoms with Gasteiger partial charge in [0.2, 0.25) is 0 Å². The second-order valence-corrected chi connectivity index (χ2v) is 6.74. The molecular formula is C21H17N5O3. The highest BCUT2D eigenvalue weighted by Crippen LogP contribution is 2.38. The highest BCUT2D eigenvalue weighted by molar-refractivity contribution is 6.05. The maximum Gasteiger partial charge on any atom is 0.332 e. The molecule has 0 bridgehead atoms. The summed E-state index contributed by atoms with van der Waals surface area (Å²) in [7, 11) is 1.61. The highest BCUT2D eigenvalue weighted by Gasteiger charge is 2.20. The number of aromatic nitrogens is 5. The van der Waals surface area contributed by atoms with Crippen molar-refractivity contribution in [3.05, 3.63) is 64.7 Å². The zero-order valence-electron chi connectivity index (χ0n) is 16.1. The highest BCUT2D eigenvalue weighted by atomic mass is 16.5. The Bertz CT molecular complexity index is 1410. The molecular weight excluding hydrogens is 370 g/mol. The Morgan fingerprint density at radius 1 is 1.17 bits per heavy atom. The number of nitrogens with zero attached hydrogens (tertiary/aromatic N) is 4. The molecule has 8 nitrogen and oxygen atoms in total. The van der Waals surface area contributed by atoms with E-state index in [0.717, 1.165) is 27.7 Å². The SMILES string of the molecule is COc1cc2c(cc1-c1c(C)noc1C)ncc1[nH]c(=O)n(-c3ccccn3)c12. The van der Waals surface area contributed by atoms with E-state index in [4.69, 9.17) is 9.26 Å². The molecule has 29 heavy (non-hydrogen) atoms.